The van der Waals surface area contributed by atoms with Crippen LogP contribution in [-0.4, -0.2) is 29.3 Å². The maximum Gasteiger partial charge on any atom is 0.294 e. The number of hydrogen-bond acceptors (Lipinski definition) is 6. The Kier molecular flexibility index (Phi) is 4.45. The van der Waals surface area contributed by atoms with Crippen LogP contribution in [0.25, 0.3) is 0 Å². The van der Waals surface area contributed by atoms with Gasteiger partial charge in [0.1, 0.15) is 11.3 Å². The summed E-state index contributed by atoms with van der Waals surface area (Å²) in [5.74, 6) is -0.0584. The molecule has 0 aliphatic heterocycles. The van der Waals surface area contributed by atoms with E-state index >= 15 is 0 Å². The fraction of sp³-hybridized carbons (Fsp3) is 0.143. The molecule has 1 unspecified atom stereocenters. The van der Waals surface area contributed by atoms with Gasteiger partial charge in [0.15, 0.2) is 6.10 Å². The van der Waals surface area contributed by atoms with Gasteiger partial charge < -0.3 is 14.5 Å². The Bertz CT molecular complexity index is 693. The zero-order valence-corrected chi connectivity index (χ0v) is 11.1. The standard InChI is InChI=1S/C14H12N2O5/c1-20-10-4-2-9(3-5-10)13(21-8-17)12(18)11-6-15-7-16-14(11)19/h2-8,13H,1H3,(H,15,16,19). The first kappa shape index (κ1) is 14.4. The summed E-state index contributed by atoms with van der Waals surface area (Å²) < 4.78 is 9.83. The first-order chi connectivity index (χ1) is 10.2. The van der Waals surface area contributed by atoms with Gasteiger partial charge >= 0.3 is 0 Å². The largest absolute Gasteiger partial charge is 0.497 e. The van der Waals surface area contributed by atoms with Crippen LogP contribution in [0.2, 0.25) is 0 Å². The summed E-state index contributed by atoms with van der Waals surface area (Å²) in [4.78, 5) is 40.6. The molecular formula is C14H12N2O5. The van der Waals surface area contributed by atoms with Crippen molar-refractivity contribution in [1.29, 1.82) is 0 Å². The summed E-state index contributed by atoms with van der Waals surface area (Å²) in [5, 5.41) is 0. The van der Waals surface area contributed by atoms with E-state index < -0.39 is 17.4 Å². The van der Waals surface area contributed by atoms with Crippen molar-refractivity contribution in [3.8, 4) is 5.75 Å². The predicted octanol–water partition coefficient (Wildman–Crippen LogP) is 0.875. The second kappa shape index (κ2) is 6.47. The number of aromatic nitrogens is 2. The van der Waals surface area contributed by atoms with Crippen LogP contribution in [-0.2, 0) is 9.53 Å². The maximum absolute atomic E-state index is 12.3. The topological polar surface area (TPSA) is 98.3 Å². The van der Waals surface area contributed by atoms with Crippen molar-refractivity contribution in [2.24, 2.45) is 0 Å². The van der Waals surface area contributed by atoms with Gasteiger partial charge in [-0.15, -0.1) is 0 Å². The molecule has 108 valence electrons. The summed E-state index contributed by atoms with van der Waals surface area (Å²) in [6.45, 7) is 0.164. The Morgan fingerprint density at radius 3 is 2.62 bits per heavy atom. The zero-order valence-electron chi connectivity index (χ0n) is 11.1. The van der Waals surface area contributed by atoms with Crippen LogP contribution in [0.1, 0.15) is 22.0 Å². The highest BCUT2D eigenvalue weighted by Crippen LogP contribution is 2.23. The van der Waals surface area contributed by atoms with Crippen LogP contribution < -0.4 is 10.3 Å². The van der Waals surface area contributed by atoms with Crippen LogP contribution in [0.15, 0.2) is 41.6 Å². The first-order valence-electron chi connectivity index (χ1n) is 5.97. The lowest BCUT2D eigenvalue weighted by molar-refractivity contribution is -0.132. The van der Waals surface area contributed by atoms with E-state index in [1.807, 2.05) is 0 Å². The minimum atomic E-state index is -1.21. The molecule has 1 atom stereocenters. The molecule has 7 nitrogen and oxygen atoms in total. The van der Waals surface area contributed by atoms with Crippen molar-refractivity contribution in [2.75, 3.05) is 7.11 Å². The van der Waals surface area contributed by atoms with Gasteiger partial charge in [-0.25, -0.2) is 4.98 Å². The highest BCUT2D eigenvalue weighted by atomic mass is 16.5. The fourth-order valence-electron chi connectivity index (χ4n) is 1.79. The number of benzene rings is 1. The molecule has 0 bridgehead atoms. The summed E-state index contributed by atoms with van der Waals surface area (Å²) in [7, 11) is 1.51. The molecule has 0 radical (unpaired) electrons. The van der Waals surface area contributed by atoms with Crippen LogP contribution in [0, 0.1) is 0 Å². The van der Waals surface area contributed by atoms with Crippen molar-refractivity contribution in [3.63, 3.8) is 0 Å². The van der Waals surface area contributed by atoms with Gasteiger partial charge in [0.25, 0.3) is 12.0 Å². The smallest absolute Gasteiger partial charge is 0.294 e. The second-order valence-corrected chi connectivity index (χ2v) is 4.04. The van der Waals surface area contributed by atoms with E-state index in [4.69, 9.17) is 9.47 Å². The summed E-state index contributed by atoms with van der Waals surface area (Å²) in [6, 6.07) is 6.40. The van der Waals surface area contributed by atoms with Gasteiger partial charge in [-0.1, -0.05) is 12.1 Å². The average molecular weight is 288 g/mol. The SMILES string of the molecule is COc1ccc(C(OC=O)C(=O)c2cnc[nH]c2=O)cc1. The minimum absolute atomic E-state index is 0.164. The fourth-order valence-corrected chi connectivity index (χ4v) is 1.79. The Hall–Kier alpha value is -2.96. The van der Waals surface area contributed by atoms with Gasteiger partial charge in [0.05, 0.1) is 13.4 Å². The third-order valence-corrected chi connectivity index (χ3v) is 2.83. The monoisotopic (exact) mass is 288 g/mol. The summed E-state index contributed by atoms with van der Waals surface area (Å²) >= 11 is 0. The van der Waals surface area contributed by atoms with Gasteiger partial charge in [0, 0.05) is 11.8 Å². The lowest BCUT2D eigenvalue weighted by Gasteiger charge is -2.14. The quantitative estimate of drug-likeness (QED) is 0.625. The highest BCUT2D eigenvalue weighted by molar-refractivity contribution is 5.99. The van der Waals surface area contributed by atoms with Crippen LogP contribution in [0.3, 0.4) is 0 Å². The summed E-state index contributed by atoms with van der Waals surface area (Å²) in [5.41, 5.74) is -0.348. The molecule has 0 aliphatic carbocycles. The van der Waals surface area contributed by atoms with Crippen LogP contribution in [0.5, 0.6) is 5.75 Å². The van der Waals surface area contributed by atoms with E-state index in [9.17, 15) is 14.4 Å². The molecule has 0 spiro atoms. The van der Waals surface area contributed by atoms with Gasteiger partial charge in [0.2, 0.25) is 5.78 Å². The third kappa shape index (κ3) is 3.14. The molecular weight excluding hydrogens is 276 g/mol. The molecule has 2 aromatic rings. The normalized spacial score (nSPS) is 11.5. The number of carbonyl (C=O) groups excluding carboxylic acids is 2. The lowest BCUT2D eigenvalue weighted by Crippen LogP contribution is -2.24. The number of rotatable bonds is 6. The minimum Gasteiger partial charge on any atom is -0.497 e. The van der Waals surface area contributed by atoms with Gasteiger partial charge in [-0.3, -0.25) is 14.4 Å². The van der Waals surface area contributed by atoms with Crippen LogP contribution >= 0.6 is 0 Å². The Morgan fingerprint density at radius 1 is 1.33 bits per heavy atom. The Morgan fingerprint density at radius 2 is 2.05 bits per heavy atom. The number of Topliss-reactive ketones (excluding diaryl/α,β-unsaturated/α-hetero) is 1. The molecule has 0 aliphatic rings. The number of hydrogen-bond donors (Lipinski definition) is 1. The molecule has 1 aromatic heterocycles. The van der Waals surface area contributed by atoms with E-state index in [1.54, 1.807) is 24.3 Å². The molecule has 1 heterocycles. The number of carbonyl (C=O) groups is 2. The number of H-pyrrole nitrogens is 1. The zero-order chi connectivity index (χ0) is 15.2. The van der Waals surface area contributed by atoms with Crippen molar-refractivity contribution < 1.29 is 19.1 Å². The Labute approximate surface area is 119 Å². The molecule has 0 saturated carbocycles. The van der Waals surface area contributed by atoms with Crippen molar-refractivity contribution >= 4 is 12.3 Å². The highest BCUT2D eigenvalue weighted by Gasteiger charge is 2.26. The molecule has 1 aromatic carbocycles. The lowest BCUT2D eigenvalue weighted by atomic mass is 10.0. The molecule has 7 heteroatoms. The number of methoxy groups -OCH3 is 1. The molecule has 21 heavy (non-hydrogen) atoms. The van der Waals surface area contributed by atoms with Gasteiger partial charge in [-0.2, -0.15) is 0 Å². The molecule has 0 saturated heterocycles. The Balaban J connectivity index is 2.38. The van der Waals surface area contributed by atoms with E-state index in [0.717, 1.165) is 6.20 Å². The number of ketones is 1. The first-order valence-corrected chi connectivity index (χ1v) is 5.97. The van der Waals surface area contributed by atoms with Crippen molar-refractivity contribution in [3.05, 3.63) is 58.3 Å². The van der Waals surface area contributed by atoms with E-state index in [-0.39, 0.29) is 12.0 Å². The number of nitrogens with one attached hydrogen (secondary N) is 1. The van der Waals surface area contributed by atoms with E-state index in [0.29, 0.717) is 11.3 Å². The molecule has 2 rings (SSSR count). The van der Waals surface area contributed by atoms with E-state index in [2.05, 4.69) is 9.97 Å². The summed E-state index contributed by atoms with van der Waals surface area (Å²) in [6.07, 6.45) is 1.09. The van der Waals surface area contributed by atoms with Crippen LogP contribution in [0.4, 0.5) is 0 Å². The number of nitrogens with zero attached hydrogens (tertiary/aromatic N) is 1. The van der Waals surface area contributed by atoms with E-state index in [1.165, 1.54) is 13.4 Å². The second-order valence-electron chi connectivity index (χ2n) is 4.04. The molecule has 0 fully saturated rings. The average Bonchev–Trinajstić information content (AvgIpc) is 2.52. The van der Waals surface area contributed by atoms with Crippen molar-refractivity contribution in [2.45, 2.75) is 6.10 Å². The third-order valence-electron chi connectivity index (χ3n) is 2.83. The maximum atomic E-state index is 12.3. The predicted molar refractivity (Wildman–Crippen MR) is 72.1 cm³/mol. The van der Waals surface area contributed by atoms with Gasteiger partial charge in [-0.05, 0) is 12.1 Å². The number of ether oxygens (including phenoxy) is 2. The molecule has 0 amide bonds. The molecule has 1 N–H and O–H groups in total. The number of aromatic amines is 1. The van der Waals surface area contributed by atoms with Crippen molar-refractivity contribution in [1.82, 2.24) is 9.97 Å².